The average Bonchev–Trinajstić information content (AvgIpc) is 2.38. The van der Waals surface area contributed by atoms with Crippen molar-refractivity contribution in [2.24, 2.45) is 0 Å². The summed E-state index contributed by atoms with van der Waals surface area (Å²) >= 11 is 0. The van der Waals surface area contributed by atoms with Crippen LogP contribution in [-0.2, 0) is 21.4 Å². The van der Waals surface area contributed by atoms with Crippen LogP contribution in [0.2, 0.25) is 0 Å². The predicted molar refractivity (Wildman–Crippen MR) is 73.4 cm³/mol. The lowest BCUT2D eigenvalue weighted by Crippen LogP contribution is -2.38. The van der Waals surface area contributed by atoms with Crippen LogP contribution in [0.25, 0.3) is 0 Å². The largest absolute Gasteiger partial charge is 0.392 e. The van der Waals surface area contributed by atoms with Crippen LogP contribution in [0.4, 0.5) is 0 Å². The quantitative estimate of drug-likeness (QED) is 0.852. The highest BCUT2D eigenvalue weighted by molar-refractivity contribution is 7.89. The molecule has 0 aliphatic carbocycles. The molecule has 0 spiro atoms. The van der Waals surface area contributed by atoms with Crippen molar-refractivity contribution >= 4 is 10.0 Å². The maximum atomic E-state index is 12.5. The summed E-state index contributed by atoms with van der Waals surface area (Å²) in [5.74, 6) is 0. The molecule has 1 unspecified atom stereocenters. The number of ether oxygens (including phenoxy) is 1. The highest BCUT2D eigenvalue weighted by Gasteiger charge is 2.27. The topological polar surface area (TPSA) is 66.8 Å². The second kappa shape index (κ2) is 6.47. The number of nitrogens with zero attached hydrogens (tertiary/aromatic N) is 1. The molecule has 5 nitrogen and oxygen atoms in total. The molecule has 0 heterocycles. The Bertz CT molecular complexity index is 527. The molecule has 1 rings (SSSR count). The van der Waals surface area contributed by atoms with E-state index in [4.69, 9.17) is 4.74 Å². The van der Waals surface area contributed by atoms with E-state index in [2.05, 4.69) is 0 Å². The maximum absolute atomic E-state index is 12.5. The van der Waals surface area contributed by atoms with Gasteiger partial charge >= 0.3 is 0 Å². The van der Waals surface area contributed by atoms with Crippen LogP contribution in [0.3, 0.4) is 0 Å². The fraction of sp³-hybridized carbons (Fsp3) is 0.538. The number of aliphatic hydroxyl groups excluding tert-OH is 1. The Balaban J connectivity index is 3.20. The lowest BCUT2D eigenvalue weighted by molar-refractivity contribution is 0.149. The molecular formula is C13H21NO4S. The molecule has 0 radical (unpaired) electrons. The normalized spacial score (nSPS) is 13.8. The minimum absolute atomic E-state index is 0.174. The predicted octanol–water partition coefficient (Wildman–Crippen LogP) is 1.14. The van der Waals surface area contributed by atoms with Gasteiger partial charge in [0.1, 0.15) is 0 Å². The van der Waals surface area contributed by atoms with Crippen molar-refractivity contribution in [2.75, 3.05) is 20.8 Å². The maximum Gasteiger partial charge on any atom is 0.243 e. The Kier molecular flexibility index (Phi) is 5.49. The molecule has 6 heteroatoms. The van der Waals surface area contributed by atoms with E-state index in [-0.39, 0.29) is 17.5 Å². The molecule has 0 bridgehead atoms. The number of hydrogen-bond donors (Lipinski definition) is 1. The number of benzene rings is 1. The Morgan fingerprint density at radius 2 is 2.05 bits per heavy atom. The van der Waals surface area contributed by atoms with Gasteiger partial charge in [-0.1, -0.05) is 12.1 Å². The lowest BCUT2D eigenvalue weighted by atomic mass is 10.1. The van der Waals surface area contributed by atoms with Crippen LogP contribution >= 0.6 is 0 Å². The lowest BCUT2D eigenvalue weighted by Gasteiger charge is -2.24. The van der Waals surface area contributed by atoms with Crippen molar-refractivity contribution < 1.29 is 18.3 Å². The van der Waals surface area contributed by atoms with Crippen molar-refractivity contribution in [3.8, 4) is 0 Å². The number of methoxy groups -OCH3 is 1. The van der Waals surface area contributed by atoms with Crippen LogP contribution in [-0.4, -0.2) is 44.6 Å². The first kappa shape index (κ1) is 16.1. The number of sulfonamides is 1. The van der Waals surface area contributed by atoms with E-state index < -0.39 is 10.0 Å². The molecule has 0 aliphatic heterocycles. The van der Waals surface area contributed by atoms with E-state index in [9.17, 15) is 13.5 Å². The number of aliphatic hydroxyl groups is 1. The first-order valence-electron chi connectivity index (χ1n) is 6.02. The Hall–Kier alpha value is -0.950. The monoisotopic (exact) mass is 287 g/mol. The molecule has 0 aliphatic rings. The van der Waals surface area contributed by atoms with E-state index in [1.807, 2.05) is 0 Å². The number of likely N-dealkylation sites (N-methyl/N-ethyl adjacent to an activating group) is 1. The third kappa shape index (κ3) is 3.33. The van der Waals surface area contributed by atoms with Crippen LogP contribution in [0.5, 0.6) is 0 Å². The summed E-state index contributed by atoms with van der Waals surface area (Å²) in [5.41, 5.74) is 1.20. The van der Waals surface area contributed by atoms with Crippen molar-refractivity contribution in [1.82, 2.24) is 4.31 Å². The first-order chi connectivity index (χ1) is 8.86. The fourth-order valence-corrected chi connectivity index (χ4v) is 3.46. The summed E-state index contributed by atoms with van der Waals surface area (Å²) < 4.78 is 31.3. The highest BCUT2D eigenvalue weighted by Crippen LogP contribution is 2.23. The van der Waals surface area contributed by atoms with Gasteiger partial charge in [0.15, 0.2) is 0 Å². The smallest absolute Gasteiger partial charge is 0.243 e. The molecule has 19 heavy (non-hydrogen) atoms. The summed E-state index contributed by atoms with van der Waals surface area (Å²) in [6.07, 6.45) is 0. The standard InChI is InChI=1S/C13H21NO4S/c1-10(9-18-4)14(3)19(16,17)13-7-5-6-12(8-15)11(13)2/h5-7,10,15H,8-9H2,1-4H3. The summed E-state index contributed by atoms with van der Waals surface area (Å²) in [6.45, 7) is 3.64. The molecule has 0 fully saturated rings. The van der Waals surface area contributed by atoms with Gasteiger partial charge < -0.3 is 9.84 Å². The fourth-order valence-electron chi connectivity index (χ4n) is 1.85. The molecule has 0 saturated heterocycles. The van der Waals surface area contributed by atoms with E-state index in [0.717, 1.165) is 0 Å². The van der Waals surface area contributed by atoms with Gasteiger partial charge in [-0.2, -0.15) is 4.31 Å². The minimum Gasteiger partial charge on any atom is -0.392 e. The molecule has 1 atom stereocenters. The first-order valence-corrected chi connectivity index (χ1v) is 7.46. The zero-order valence-corrected chi connectivity index (χ0v) is 12.6. The zero-order valence-electron chi connectivity index (χ0n) is 11.8. The Labute approximate surface area is 114 Å². The molecule has 0 aromatic heterocycles. The second-order valence-electron chi connectivity index (χ2n) is 4.52. The van der Waals surface area contributed by atoms with Crippen molar-refractivity contribution in [2.45, 2.75) is 31.4 Å². The molecule has 0 saturated carbocycles. The van der Waals surface area contributed by atoms with Crippen LogP contribution < -0.4 is 0 Å². The van der Waals surface area contributed by atoms with Crippen LogP contribution in [0, 0.1) is 6.92 Å². The Morgan fingerprint density at radius 3 is 2.58 bits per heavy atom. The number of rotatable bonds is 6. The van der Waals surface area contributed by atoms with Gasteiger partial charge in [-0.05, 0) is 31.0 Å². The SMILES string of the molecule is COCC(C)N(C)S(=O)(=O)c1cccc(CO)c1C. The minimum atomic E-state index is -3.58. The summed E-state index contributed by atoms with van der Waals surface area (Å²) in [5, 5.41) is 9.21. The summed E-state index contributed by atoms with van der Waals surface area (Å²) in [7, 11) is -0.513. The van der Waals surface area contributed by atoms with Crippen molar-refractivity contribution in [3.63, 3.8) is 0 Å². The van der Waals surface area contributed by atoms with Crippen LogP contribution in [0.15, 0.2) is 23.1 Å². The molecule has 1 aromatic rings. The van der Waals surface area contributed by atoms with Gasteiger partial charge in [0, 0.05) is 20.2 Å². The van der Waals surface area contributed by atoms with E-state index in [1.54, 1.807) is 32.0 Å². The highest BCUT2D eigenvalue weighted by atomic mass is 32.2. The molecule has 1 aromatic carbocycles. The molecule has 1 N–H and O–H groups in total. The van der Waals surface area contributed by atoms with Gasteiger partial charge in [0.25, 0.3) is 0 Å². The van der Waals surface area contributed by atoms with E-state index in [1.165, 1.54) is 18.5 Å². The third-order valence-electron chi connectivity index (χ3n) is 3.25. The summed E-state index contributed by atoms with van der Waals surface area (Å²) in [4.78, 5) is 0.226. The average molecular weight is 287 g/mol. The van der Waals surface area contributed by atoms with Gasteiger partial charge in [0.2, 0.25) is 10.0 Å². The van der Waals surface area contributed by atoms with Crippen LogP contribution in [0.1, 0.15) is 18.1 Å². The molecule has 0 amide bonds. The zero-order chi connectivity index (χ0) is 14.6. The Morgan fingerprint density at radius 1 is 1.42 bits per heavy atom. The van der Waals surface area contributed by atoms with Gasteiger partial charge in [-0.3, -0.25) is 0 Å². The third-order valence-corrected chi connectivity index (χ3v) is 5.37. The van der Waals surface area contributed by atoms with Crippen molar-refractivity contribution in [1.29, 1.82) is 0 Å². The van der Waals surface area contributed by atoms with E-state index >= 15 is 0 Å². The van der Waals surface area contributed by atoms with Gasteiger partial charge in [-0.25, -0.2) is 8.42 Å². The second-order valence-corrected chi connectivity index (χ2v) is 6.49. The van der Waals surface area contributed by atoms with Gasteiger partial charge in [-0.15, -0.1) is 0 Å². The van der Waals surface area contributed by atoms with Gasteiger partial charge in [0.05, 0.1) is 18.1 Å². The summed E-state index contributed by atoms with van der Waals surface area (Å²) in [6, 6.07) is 4.65. The number of hydrogen-bond acceptors (Lipinski definition) is 4. The molecular weight excluding hydrogens is 266 g/mol. The van der Waals surface area contributed by atoms with Crippen molar-refractivity contribution in [3.05, 3.63) is 29.3 Å². The van der Waals surface area contributed by atoms with E-state index in [0.29, 0.717) is 17.7 Å². The molecule has 108 valence electrons.